The summed E-state index contributed by atoms with van der Waals surface area (Å²) in [5, 5.41) is 4.01. The molecule has 1 aromatic heterocycles. The average Bonchev–Trinajstić information content (AvgIpc) is 3.03. The largest absolute Gasteiger partial charge is 0.361 e. The number of hydrogen-bond donors (Lipinski definition) is 1. The van der Waals surface area contributed by atoms with E-state index in [2.05, 4.69) is 43.3 Å². The zero-order valence-electron chi connectivity index (χ0n) is 16.3. The summed E-state index contributed by atoms with van der Waals surface area (Å²) in [5.74, 6) is 1.27. The zero-order chi connectivity index (χ0) is 18.7. The van der Waals surface area contributed by atoms with Gasteiger partial charge < -0.3 is 14.3 Å². The van der Waals surface area contributed by atoms with Gasteiger partial charge in [-0.15, -0.1) is 0 Å². The predicted octanol–water partition coefficient (Wildman–Crippen LogP) is 2.21. The lowest BCUT2D eigenvalue weighted by molar-refractivity contribution is -0.917. The van der Waals surface area contributed by atoms with E-state index in [-0.39, 0.29) is 5.91 Å². The molecule has 0 radical (unpaired) electrons. The Morgan fingerprint density at radius 1 is 1.23 bits per heavy atom. The van der Waals surface area contributed by atoms with Gasteiger partial charge in [-0.3, -0.25) is 4.79 Å². The van der Waals surface area contributed by atoms with Gasteiger partial charge in [0.05, 0.1) is 31.9 Å². The van der Waals surface area contributed by atoms with Gasteiger partial charge in [0.1, 0.15) is 17.9 Å². The van der Waals surface area contributed by atoms with E-state index in [0.29, 0.717) is 17.2 Å². The van der Waals surface area contributed by atoms with Crippen LogP contribution in [-0.2, 0) is 13.0 Å². The molecule has 0 bridgehead atoms. The second-order valence-corrected chi connectivity index (χ2v) is 7.53. The first-order valence-electron chi connectivity index (χ1n) is 9.66. The molecular weight excluding hydrogens is 326 g/mol. The molecule has 2 heterocycles. The van der Waals surface area contributed by atoms with Crippen LogP contribution in [0.15, 0.2) is 28.8 Å². The molecular formula is C21H30N3O2+. The van der Waals surface area contributed by atoms with Crippen molar-refractivity contribution in [2.75, 3.05) is 26.2 Å². The maximum Gasteiger partial charge on any atom is 0.259 e. The van der Waals surface area contributed by atoms with Crippen LogP contribution < -0.4 is 4.90 Å². The number of nitrogens with zero attached hydrogens (tertiary/aromatic N) is 2. The van der Waals surface area contributed by atoms with E-state index in [4.69, 9.17) is 4.52 Å². The van der Waals surface area contributed by atoms with Crippen molar-refractivity contribution in [3.05, 3.63) is 52.4 Å². The van der Waals surface area contributed by atoms with Gasteiger partial charge in [0.25, 0.3) is 5.91 Å². The van der Waals surface area contributed by atoms with E-state index in [0.717, 1.165) is 44.8 Å². The number of piperazine rings is 1. The van der Waals surface area contributed by atoms with Crippen molar-refractivity contribution in [2.45, 2.75) is 46.6 Å². The van der Waals surface area contributed by atoms with Crippen LogP contribution in [0.4, 0.5) is 0 Å². The van der Waals surface area contributed by atoms with E-state index < -0.39 is 0 Å². The SMILES string of the molecule is CCc1noc(C)c1C(=O)N1CC[NH+](Cc2ccc(C(C)C)cc2)CC1. The standard InChI is InChI=1S/C21H29N3O2/c1-5-19-20(16(4)26-22-19)21(25)24-12-10-23(11-13-24)14-17-6-8-18(9-7-17)15(2)3/h6-9,15H,5,10-14H2,1-4H3/p+1. The Morgan fingerprint density at radius 2 is 1.88 bits per heavy atom. The van der Waals surface area contributed by atoms with E-state index in [1.54, 1.807) is 0 Å². The summed E-state index contributed by atoms with van der Waals surface area (Å²) in [5.41, 5.74) is 4.19. The van der Waals surface area contributed by atoms with E-state index in [9.17, 15) is 4.79 Å². The van der Waals surface area contributed by atoms with Gasteiger partial charge in [-0.2, -0.15) is 0 Å². The summed E-state index contributed by atoms with van der Waals surface area (Å²) in [4.78, 5) is 16.3. The minimum atomic E-state index is 0.0703. The van der Waals surface area contributed by atoms with Crippen LogP contribution >= 0.6 is 0 Å². The number of quaternary nitrogens is 1. The van der Waals surface area contributed by atoms with Crippen LogP contribution in [0.25, 0.3) is 0 Å². The van der Waals surface area contributed by atoms with Crippen molar-refractivity contribution in [1.82, 2.24) is 10.1 Å². The molecule has 1 N–H and O–H groups in total. The molecule has 0 spiro atoms. The third-order valence-corrected chi connectivity index (χ3v) is 5.34. The van der Waals surface area contributed by atoms with Crippen LogP contribution in [0.5, 0.6) is 0 Å². The average molecular weight is 356 g/mol. The molecule has 0 saturated carbocycles. The lowest BCUT2D eigenvalue weighted by Crippen LogP contribution is -3.13. The van der Waals surface area contributed by atoms with Gasteiger partial charge in [-0.25, -0.2) is 0 Å². The van der Waals surface area contributed by atoms with Crippen LogP contribution in [0.2, 0.25) is 0 Å². The molecule has 1 amide bonds. The van der Waals surface area contributed by atoms with Crippen molar-refractivity contribution in [1.29, 1.82) is 0 Å². The van der Waals surface area contributed by atoms with Crippen LogP contribution in [0.3, 0.4) is 0 Å². The molecule has 1 aliphatic heterocycles. The molecule has 26 heavy (non-hydrogen) atoms. The number of hydrogen-bond acceptors (Lipinski definition) is 3. The second kappa shape index (κ2) is 8.04. The topological polar surface area (TPSA) is 50.8 Å². The number of carbonyl (C=O) groups excluding carboxylic acids is 1. The summed E-state index contributed by atoms with van der Waals surface area (Å²) >= 11 is 0. The van der Waals surface area contributed by atoms with Crippen molar-refractivity contribution in [2.24, 2.45) is 0 Å². The summed E-state index contributed by atoms with van der Waals surface area (Å²) in [6, 6.07) is 8.96. The highest BCUT2D eigenvalue weighted by molar-refractivity contribution is 5.96. The van der Waals surface area contributed by atoms with Crippen LogP contribution in [-0.4, -0.2) is 42.1 Å². The number of amides is 1. The quantitative estimate of drug-likeness (QED) is 0.894. The molecule has 1 aliphatic rings. The maximum atomic E-state index is 12.8. The first-order chi connectivity index (χ1) is 12.5. The van der Waals surface area contributed by atoms with Crippen molar-refractivity contribution in [3.8, 4) is 0 Å². The number of aryl methyl sites for hydroxylation is 2. The zero-order valence-corrected chi connectivity index (χ0v) is 16.3. The summed E-state index contributed by atoms with van der Waals surface area (Å²) in [6.07, 6.45) is 0.718. The molecule has 5 heteroatoms. The Morgan fingerprint density at radius 3 is 2.46 bits per heavy atom. The first kappa shape index (κ1) is 18.6. The fourth-order valence-electron chi connectivity index (χ4n) is 3.60. The Hall–Kier alpha value is -2.14. The van der Waals surface area contributed by atoms with E-state index in [1.165, 1.54) is 16.0 Å². The minimum absolute atomic E-state index is 0.0703. The molecule has 5 nitrogen and oxygen atoms in total. The first-order valence-corrected chi connectivity index (χ1v) is 9.66. The lowest BCUT2D eigenvalue weighted by Gasteiger charge is -2.32. The number of nitrogens with one attached hydrogen (secondary N) is 1. The molecule has 0 atom stereocenters. The van der Waals surface area contributed by atoms with Gasteiger partial charge in [-0.05, 0) is 24.8 Å². The molecule has 0 unspecified atom stereocenters. The molecule has 140 valence electrons. The monoisotopic (exact) mass is 356 g/mol. The maximum absolute atomic E-state index is 12.8. The highest BCUT2D eigenvalue weighted by atomic mass is 16.5. The Bertz CT molecular complexity index is 741. The smallest absolute Gasteiger partial charge is 0.259 e. The summed E-state index contributed by atoms with van der Waals surface area (Å²) < 4.78 is 5.22. The third kappa shape index (κ3) is 3.98. The fraction of sp³-hybridized carbons (Fsp3) is 0.524. The van der Waals surface area contributed by atoms with Gasteiger partial charge in [-0.1, -0.05) is 50.2 Å². The lowest BCUT2D eigenvalue weighted by atomic mass is 10.0. The molecule has 1 saturated heterocycles. The van der Waals surface area contributed by atoms with Crippen LogP contribution in [0, 0.1) is 6.92 Å². The van der Waals surface area contributed by atoms with E-state index >= 15 is 0 Å². The predicted molar refractivity (Wildman–Crippen MR) is 101 cm³/mol. The normalized spacial score (nSPS) is 15.7. The number of rotatable bonds is 5. The van der Waals surface area contributed by atoms with Gasteiger partial charge >= 0.3 is 0 Å². The van der Waals surface area contributed by atoms with Gasteiger partial charge in [0, 0.05) is 5.56 Å². The summed E-state index contributed by atoms with van der Waals surface area (Å²) in [7, 11) is 0. The van der Waals surface area contributed by atoms with Gasteiger partial charge in [0.2, 0.25) is 0 Å². The fourth-order valence-corrected chi connectivity index (χ4v) is 3.60. The molecule has 2 aromatic rings. The van der Waals surface area contributed by atoms with E-state index in [1.807, 2.05) is 18.7 Å². The van der Waals surface area contributed by atoms with Crippen molar-refractivity contribution >= 4 is 5.91 Å². The molecule has 1 fully saturated rings. The van der Waals surface area contributed by atoms with Gasteiger partial charge in [0.15, 0.2) is 0 Å². The second-order valence-electron chi connectivity index (χ2n) is 7.53. The van der Waals surface area contributed by atoms with Crippen molar-refractivity contribution < 1.29 is 14.2 Å². The molecule has 1 aromatic carbocycles. The minimum Gasteiger partial charge on any atom is -0.361 e. The summed E-state index contributed by atoms with van der Waals surface area (Å²) in [6.45, 7) is 12.8. The highest BCUT2D eigenvalue weighted by Gasteiger charge is 2.28. The van der Waals surface area contributed by atoms with Crippen LogP contribution in [0.1, 0.15) is 59.6 Å². The number of benzene rings is 1. The molecule has 0 aliphatic carbocycles. The molecule has 3 rings (SSSR count). The Balaban J connectivity index is 1.57. The van der Waals surface area contributed by atoms with Crippen molar-refractivity contribution in [3.63, 3.8) is 0 Å². The third-order valence-electron chi connectivity index (χ3n) is 5.34. The Kier molecular flexibility index (Phi) is 5.77. The Labute approximate surface area is 156 Å². The highest BCUT2D eigenvalue weighted by Crippen LogP contribution is 2.17. The number of carbonyl (C=O) groups is 1. The number of aromatic nitrogens is 1.